The lowest BCUT2D eigenvalue weighted by molar-refractivity contribution is -0.274. The predicted molar refractivity (Wildman–Crippen MR) is 81.0 cm³/mol. The summed E-state index contributed by atoms with van der Waals surface area (Å²) in [5.74, 6) is -0.251. The highest BCUT2D eigenvalue weighted by molar-refractivity contribution is 5.64. The molecule has 1 aromatic heterocycles. The summed E-state index contributed by atoms with van der Waals surface area (Å²) in [6.45, 7) is 2.33. The van der Waals surface area contributed by atoms with Crippen molar-refractivity contribution >= 4 is 0 Å². The Morgan fingerprint density at radius 3 is 2.83 bits per heavy atom. The number of aromatic amines is 1. The second-order valence-electron chi connectivity index (χ2n) is 5.19. The Labute approximate surface area is 132 Å². The summed E-state index contributed by atoms with van der Waals surface area (Å²) < 4.78 is 41.0. The lowest BCUT2D eigenvalue weighted by Gasteiger charge is -2.16. The van der Waals surface area contributed by atoms with Crippen LogP contribution in [0.5, 0.6) is 5.75 Å². The second-order valence-corrected chi connectivity index (χ2v) is 5.19. The zero-order chi connectivity index (χ0) is 16.9. The van der Waals surface area contributed by atoms with Crippen LogP contribution >= 0.6 is 0 Å². The summed E-state index contributed by atoms with van der Waals surface area (Å²) in [5, 5.41) is 9.92. The third-order valence-electron chi connectivity index (χ3n) is 3.26. The zero-order valence-corrected chi connectivity index (χ0v) is 12.9. The molecular formula is C15H19F3N4O. The molecule has 2 aromatic rings. The maximum Gasteiger partial charge on any atom is 0.573 e. The zero-order valence-electron chi connectivity index (χ0n) is 12.9. The molecule has 0 spiro atoms. The molecule has 1 aromatic carbocycles. The largest absolute Gasteiger partial charge is 0.573 e. The van der Waals surface area contributed by atoms with Crippen molar-refractivity contribution in [2.45, 2.75) is 12.9 Å². The van der Waals surface area contributed by atoms with Crippen LogP contribution in [0.4, 0.5) is 13.2 Å². The fraction of sp³-hybridized carbons (Fsp3) is 0.400. The van der Waals surface area contributed by atoms with E-state index >= 15 is 0 Å². The molecule has 126 valence electrons. The van der Waals surface area contributed by atoms with Crippen LogP contribution < -0.4 is 10.1 Å². The number of ether oxygens (including phenoxy) is 1. The predicted octanol–water partition coefficient (Wildman–Crippen LogP) is 2.63. The number of hydrogen-bond donors (Lipinski definition) is 2. The van der Waals surface area contributed by atoms with E-state index in [-0.39, 0.29) is 5.75 Å². The number of hydrogen-bond acceptors (Lipinski definition) is 4. The average molecular weight is 328 g/mol. The van der Waals surface area contributed by atoms with E-state index < -0.39 is 6.36 Å². The van der Waals surface area contributed by atoms with Gasteiger partial charge < -0.3 is 15.0 Å². The van der Waals surface area contributed by atoms with Crippen LogP contribution in [0.2, 0.25) is 0 Å². The topological polar surface area (TPSA) is 53.2 Å². The minimum atomic E-state index is -4.71. The molecule has 23 heavy (non-hydrogen) atoms. The third kappa shape index (κ3) is 5.26. The molecule has 0 aliphatic heterocycles. The molecule has 0 unspecified atom stereocenters. The molecule has 0 aliphatic rings. The summed E-state index contributed by atoms with van der Waals surface area (Å²) in [4.78, 5) is 2.10. The van der Waals surface area contributed by atoms with Gasteiger partial charge in [0.15, 0.2) is 0 Å². The molecule has 0 aliphatic carbocycles. The highest BCUT2D eigenvalue weighted by atomic mass is 19.4. The van der Waals surface area contributed by atoms with Gasteiger partial charge in [-0.2, -0.15) is 5.10 Å². The quantitative estimate of drug-likeness (QED) is 0.820. The number of rotatable bonds is 7. The van der Waals surface area contributed by atoms with Gasteiger partial charge in [0, 0.05) is 30.8 Å². The standard InChI is InChI=1S/C15H19F3N4O/c1-19-6-7-22(2)10-12-9-20-21-14(12)11-4-3-5-13(8-11)23-15(16,17)18/h3-5,8-9,19H,6-7,10H2,1-2H3,(H,20,21). The molecule has 0 atom stereocenters. The van der Waals surface area contributed by atoms with Gasteiger partial charge in [-0.15, -0.1) is 13.2 Å². The second kappa shape index (κ2) is 7.47. The van der Waals surface area contributed by atoms with E-state index in [0.717, 1.165) is 18.7 Å². The maximum absolute atomic E-state index is 12.3. The number of halogens is 3. The minimum absolute atomic E-state index is 0.251. The molecule has 0 radical (unpaired) electrons. The first-order chi connectivity index (χ1) is 10.9. The van der Waals surface area contributed by atoms with Crippen molar-refractivity contribution < 1.29 is 17.9 Å². The number of aromatic nitrogens is 2. The van der Waals surface area contributed by atoms with Gasteiger partial charge in [0.25, 0.3) is 0 Å². The van der Waals surface area contributed by atoms with Crippen molar-refractivity contribution in [3.05, 3.63) is 36.0 Å². The van der Waals surface area contributed by atoms with E-state index in [2.05, 4.69) is 25.2 Å². The first-order valence-corrected chi connectivity index (χ1v) is 7.10. The molecule has 1 heterocycles. The molecule has 0 amide bonds. The Bertz CT molecular complexity index is 627. The lowest BCUT2D eigenvalue weighted by Crippen LogP contribution is -2.27. The molecule has 2 N–H and O–H groups in total. The summed E-state index contributed by atoms with van der Waals surface area (Å²) in [5.41, 5.74) is 2.20. The normalized spacial score (nSPS) is 11.9. The average Bonchev–Trinajstić information content (AvgIpc) is 2.91. The Hall–Kier alpha value is -2.06. The number of alkyl halides is 3. The van der Waals surface area contributed by atoms with E-state index in [1.807, 2.05) is 14.1 Å². The van der Waals surface area contributed by atoms with Gasteiger partial charge in [0.2, 0.25) is 0 Å². The molecular weight excluding hydrogens is 309 g/mol. The van der Waals surface area contributed by atoms with Crippen LogP contribution in [0, 0.1) is 0 Å². The van der Waals surface area contributed by atoms with Crippen molar-refractivity contribution in [3.8, 4) is 17.0 Å². The van der Waals surface area contributed by atoms with Gasteiger partial charge in [0.1, 0.15) is 5.75 Å². The van der Waals surface area contributed by atoms with Crippen LogP contribution in [0.1, 0.15) is 5.56 Å². The smallest absolute Gasteiger partial charge is 0.406 e. The summed E-state index contributed by atoms with van der Waals surface area (Å²) in [7, 11) is 3.85. The minimum Gasteiger partial charge on any atom is -0.406 e. The van der Waals surface area contributed by atoms with Crippen molar-refractivity contribution in [1.29, 1.82) is 0 Å². The highest BCUT2D eigenvalue weighted by Gasteiger charge is 2.31. The highest BCUT2D eigenvalue weighted by Crippen LogP contribution is 2.28. The molecule has 0 fully saturated rings. The Morgan fingerprint density at radius 1 is 1.35 bits per heavy atom. The van der Waals surface area contributed by atoms with Crippen LogP contribution in [-0.2, 0) is 6.54 Å². The summed E-state index contributed by atoms with van der Waals surface area (Å²) in [6, 6.07) is 5.85. The van der Waals surface area contributed by atoms with Gasteiger partial charge in [0.05, 0.1) is 11.9 Å². The molecule has 0 saturated carbocycles. The first-order valence-electron chi connectivity index (χ1n) is 7.10. The lowest BCUT2D eigenvalue weighted by atomic mass is 10.1. The monoisotopic (exact) mass is 328 g/mol. The van der Waals surface area contributed by atoms with E-state index in [1.54, 1.807) is 12.3 Å². The Morgan fingerprint density at radius 2 is 2.13 bits per heavy atom. The van der Waals surface area contributed by atoms with Gasteiger partial charge in [-0.1, -0.05) is 12.1 Å². The molecule has 8 heteroatoms. The fourth-order valence-corrected chi connectivity index (χ4v) is 2.20. The van der Waals surface area contributed by atoms with Crippen LogP contribution in [0.25, 0.3) is 11.3 Å². The Kier molecular flexibility index (Phi) is 5.62. The number of nitrogens with one attached hydrogen (secondary N) is 2. The fourth-order valence-electron chi connectivity index (χ4n) is 2.20. The van der Waals surface area contributed by atoms with E-state index in [4.69, 9.17) is 0 Å². The number of H-pyrrole nitrogens is 1. The van der Waals surface area contributed by atoms with Gasteiger partial charge in [-0.25, -0.2) is 0 Å². The maximum atomic E-state index is 12.3. The van der Waals surface area contributed by atoms with Gasteiger partial charge in [-0.05, 0) is 26.2 Å². The third-order valence-corrected chi connectivity index (χ3v) is 3.26. The van der Waals surface area contributed by atoms with Crippen molar-refractivity contribution in [3.63, 3.8) is 0 Å². The number of likely N-dealkylation sites (N-methyl/N-ethyl adjacent to an activating group) is 2. The van der Waals surface area contributed by atoms with Gasteiger partial charge >= 0.3 is 6.36 Å². The van der Waals surface area contributed by atoms with Crippen molar-refractivity contribution in [2.24, 2.45) is 0 Å². The SMILES string of the molecule is CNCCN(C)Cc1cn[nH]c1-c1cccc(OC(F)(F)F)c1. The molecule has 2 rings (SSSR count). The molecule has 0 bridgehead atoms. The van der Waals surface area contributed by atoms with Crippen molar-refractivity contribution in [1.82, 2.24) is 20.4 Å². The summed E-state index contributed by atoms with van der Waals surface area (Å²) in [6.07, 6.45) is -3.02. The van der Waals surface area contributed by atoms with Crippen molar-refractivity contribution in [2.75, 3.05) is 27.2 Å². The first kappa shape index (κ1) is 17.3. The van der Waals surface area contributed by atoms with Crippen LogP contribution in [0.3, 0.4) is 0 Å². The summed E-state index contributed by atoms with van der Waals surface area (Å²) >= 11 is 0. The van der Waals surface area contributed by atoms with Crippen LogP contribution in [0.15, 0.2) is 30.5 Å². The van der Waals surface area contributed by atoms with E-state index in [0.29, 0.717) is 17.8 Å². The van der Waals surface area contributed by atoms with Gasteiger partial charge in [-0.3, -0.25) is 5.10 Å². The van der Waals surface area contributed by atoms with E-state index in [9.17, 15) is 13.2 Å². The molecule has 5 nitrogen and oxygen atoms in total. The molecule has 0 saturated heterocycles. The van der Waals surface area contributed by atoms with Crippen LogP contribution in [-0.4, -0.2) is 48.6 Å². The van der Waals surface area contributed by atoms with E-state index in [1.165, 1.54) is 18.2 Å². The Balaban J connectivity index is 2.16. The number of nitrogens with zero attached hydrogens (tertiary/aromatic N) is 2. The number of benzene rings is 1.